The Kier molecular flexibility index (Phi) is 13.8. The van der Waals surface area contributed by atoms with Crippen LogP contribution in [-0.4, -0.2) is 13.2 Å². The lowest BCUT2D eigenvalue weighted by Crippen LogP contribution is -1.96. The van der Waals surface area contributed by atoms with Crippen LogP contribution in [-0.2, 0) is 35.5 Å². The minimum Gasteiger partial charge on any atom is -0.377 e. The number of rotatable bonds is 12. The van der Waals surface area contributed by atoms with E-state index >= 15 is 0 Å². The highest BCUT2D eigenvalue weighted by Crippen LogP contribution is 2.11. The van der Waals surface area contributed by atoms with E-state index in [1.54, 1.807) is 6.08 Å². The summed E-state index contributed by atoms with van der Waals surface area (Å²) < 4.78 is 10.9. The van der Waals surface area contributed by atoms with Crippen LogP contribution in [0.4, 0.5) is 0 Å². The predicted molar refractivity (Wildman–Crippen MR) is 132 cm³/mol. The topological polar surface area (TPSA) is 18.5 Å². The first-order valence-corrected chi connectivity index (χ1v) is 11.4. The van der Waals surface area contributed by atoms with Crippen LogP contribution >= 0.6 is 0 Å². The van der Waals surface area contributed by atoms with Crippen LogP contribution in [0.5, 0.6) is 0 Å². The van der Waals surface area contributed by atoms with E-state index in [2.05, 4.69) is 89.7 Å². The van der Waals surface area contributed by atoms with Gasteiger partial charge in [-0.15, -0.1) is 6.58 Å². The zero-order valence-corrected chi connectivity index (χ0v) is 19.8. The monoisotopic (exact) mass is 412 g/mol. The van der Waals surface area contributed by atoms with Crippen molar-refractivity contribution in [1.29, 1.82) is 0 Å². The highest BCUT2D eigenvalue weighted by atomic mass is 16.5. The second kappa shape index (κ2) is 15.9. The van der Waals surface area contributed by atoms with Gasteiger partial charge in [-0.05, 0) is 53.4 Å². The van der Waals surface area contributed by atoms with Gasteiger partial charge in [0, 0.05) is 8.03 Å². The first-order chi connectivity index (χ1) is 14.4. The van der Waals surface area contributed by atoms with Gasteiger partial charge in [0.2, 0.25) is 0 Å². The SMILES string of the molecule is C=CCOCc1ccc(CC(C)C)cc1.CCCOCc1ccc(CC(C)C)cc1.[HH]. The summed E-state index contributed by atoms with van der Waals surface area (Å²) in [4.78, 5) is 0. The molecule has 0 spiro atoms. The Hall–Kier alpha value is -1.90. The van der Waals surface area contributed by atoms with E-state index < -0.39 is 0 Å². The third-order valence-corrected chi connectivity index (χ3v) is 4.46. The van der Waals surface area contributed by atoms with Crippen LogP contribution in [0.15, 0.2) is 61.2 Å². The average molecular weight is 413 g/mol. The molecule has 2 aromatic rings. The van der Waals surface area contributed by atoms with E-state index in [-0.39, 0.29) is 1.43 Å². The second-order valence-electron chi connectivity index (χ2n) is 8.69. The summed E-state index contributed by atoms with van der Waals surface area (Å²) in [6, 6.07) is 17.4. The molecule has 0 bridgehead atoms. The standard InChI is InChI=1S/C14H22O.C14H20O.H2/c2*1-4-9-15-11-14-7-5-13(6-8-14)10-12(2)3;/h5-8,12H,4,9-11H2,1-3H3;4-8,12H,1,9-11H2,2-3H3;1H. The Morgan fingerprint density at radius 2 is 1.13 bits per heavy atom. The number of hydrogen-bond acceptors (Lipinski definition) is 2. The molecule has 0 unspecified atom stereocenters. The molecular formula is C28H44O2. The lowest BCUT2D eigenvalue weighted by Gasteiger charge is -2.06. The molecule has 0 aliphatic carbocycles. The summed E-state index contributed by atoms with van der Waals surface area (Å²) >= 11 is 0. The third-order valence-electron chi connectivity index (χ3n) is 4.46. The van der Waals surface area contributed by atoms with Crippen molar-refractivity contribution >= 4 is 0 Å². The Morgan fingerprint density at radius 3 is 1.50 bits per heavy atom. The van der Waals surface area contributed by atoms with E-state index in [0.29, 0.717) is 19.1 Å². The molecule has 0 N–H and O–H groups in total. The molecule has 0 fully saturated rings. The van der Waals surface area contributed by atoms with Gasteiger partial charge in [0.25, 0.3) is 0 Å². The molecule has 0 aliphatic heterocycles. The highest BCUT2D eigenvalue weighted by Gasteiger charge is 1.99. The Labute approximate surface area is 186 Å². The van der Waals surface area contributed by atoms with Gasteiger partial charge in [0.15, 0.2) is 0 Å². The first-order valence-electron chi connectivity index (χ1n) is 11.4. The van der Waals surface area contributed by atoms with Gasteiger partial charge >= 0.3 is 0 Å². The summed E-state index contributed by atoms with van der Waals surface area (Å²) in [7, 11) is 0. The van der Waals surface area contributed by atoms with E-state index in [1.807, 2.05) is 0 Å². The fraction of sp³-hybridized carbons (Fsp3) is 0.500. The van der Waals surface area contributed by atoms with Crippen molar-refractivity contribution < 1.29 is 10.9 Å². The Morgan fingerprint density at radius 1 is 0.733 bits per heavy atom. The third kappa shape index (κ3) is 12.6. The molecule has 0 saturated carbocycles. The van der Waals surface area contributed by atoms with Gasteiger partial charge in [-0.1, -0.05) is 89.2 Å². The summed E-state index contributed by atoms with van der Waals surface area (Å²) in [5.74, 6) is 1.44. The molecule has 2 nitrogen and oxygen atoms in total. The van der Waals surface area contributed by atoms with Gasteiger partial charge in [-0.2, -0.15) is 0 Å². The van der Waals surface area contributed by atoms with Gasteiger partial charge in [0.1, 0.15) is 0 Å². The van der Waals surface area contributed by atoms with Gasteiger partial charge in [-0.25, -0.2) is 0 Å². The van der Waals surface area contributed by atoms with Crippen molar-refractivity contribution in [3.8, 4) is 0 Å². The molecular weight excluding hydrogens is 368 g/mol. The summed E-state index contributed by atoms with van der Waals surface area (Å²) in [5.41, 5.74) is 5.32. The van der Waals surface area contributed by atoms with Gasteiger partial charge in [0.05, 0.1) is 19.8 Å². The van der Waals surface area contributed by atoms with Crippen molar-refractivity contribution in [1.82, 2.24) is 0 Å². The fourth-order valence-electron chi connectivity index (χ4n) is 3.08. The minimum atomic E-state index is 0. The molecule has 0 radical (unpaired) electrons. The summed E-state index contributed by atoms with van der Waals surface area (Å²) in [5, 5.41) is 0. The summed E-state index contributed by atoms with van der Waals surface area (Å²) in [6.07, 6.45) is 5.17. The van der Waals surface area contributed by atoms with Crippen LogP contribution in [0.2, 0.25) is 0 Å². The van der Waals surface area contributed by atoms with Crippen molar-refractivity contribution in [3.63, 3.8) is 0 Å². The van der Waals surface area contributed by atoms with E-state index in [0.717, 1.165) is 38.4 Å². The van der Waals surface area contributed by atoms with Crippen LogP contribution in [0.1, 0.15) is 64.7 Å². The van der Waals surface area contributed by atoms with E-state index in [4.69, 9.17) is 9.47 Å². The van der Waals surface area contributed by atoms with Gasteiger partial charge in [-0.3, -0.25) is 0 Å². The molecule has 2 rings (SSSR count). The molecule has 0 aliphatic rings. The quantitative estimate of drug-likeness (QED) is 0.263. The summed E-state index contributed by atoms with van der Waals surface area (Å²) in [6.45, 7) is 17.6. The largest absolute Gasteiger partial charge is 0.377 e. The highest BCUT2D eigenvalue weighted by molar-refractivity contribution is 5.23. The maximum Gasteiger partial charge on any atom is 0.0721 e. The number of hydrogen-bond donors (Lipinski definition) is 0. The average Bonchev–Trinajstić information content (AvgIpc) is 2.71. The minimum absolute atomic E-state index is 0. The Balaban J connectivity index is 0.000000562. The second-order valence-corrected chi connectivity index (χ2v) is 8.69. The Bertz CT molecular complexity index is 675. The maximum atomic E-state index is 5.49. The molecule has 2 heteroatoms. The lowest BCUT2D eigenvalue weighted by molar-refractivity contribution is 0.121. The molecule has 0 aromatic heterocycles. The lowest BCUT2D eigenvalue weighted by atomic mass is 10.0. The molecule has 0 atom stereocenters. The predicted octanol–water partition coefficient (Wildman–Crippen LogP) is 7.65. The maximum absolute atomic E-state index is 5.49. The van der Waals surface area contributed by atoms with E-state index in [1.165, 1.54) is 22.3 Å². The van der Waals surface area contributed by atoms with Crippen LogP contribution in [0, 0.1) is 11.8 Å². The van der Waals surface area contributed by atoms with Crippen molar-refractivity contribution in [2.24, 2.45) is 11.8 Å². The van der Waals surface area contributed by atoms with Crippen LogP contribution < -0.4 is 0 Å². The fourth-order valence-corrected chi connectivity index (χ4v) is 3.08. The molecule has 30 heavy (non-hydrogen) atoms. The van der Waals surface area contributed by atoms with Crippen molar-refractivity contribution in [3.05, 3.63) is 83.4 Å². The zero-order valence-electron chi connectivity index (χ0n) is 19.8. The zero-order chi connectivity index (χ0) is 22.2. The number of benzene rings is 2. The van der Waals surface area contributed by atoms with Crippen LogP contribution in [0.25, 0.3) is 0 Å². The van der Waals surface area contributed by atoms with E-state index in [9.17, 15) is 0 Å². The molecule has 168 valence electrons. The van der Waals surface area contributed by atoms with Crippen molar-refractivity contribution in [2.45, 2.75) is 67.1 Å². The normalized spacial score (nSPS) is 10.8. The van der Waals surface area contributed by atoms with Crippen molar-refractivity contribution in [2.75, 3.05) is 13.2 Å². The molecule has 2 aromatic carbocycles. The molecule has 0 saturated heterocycles. The first kappa shape index (κ1) is 26.1. The molecule has 0 heterocycles. The molecule has 0 amide bonds. The van der Waals surface area contributed by atoms with Gasteiger partial charge < -0.3 is 9.47 Å². The van der Waals surface area contributed by atoms with Crippen LogP contribution in [0.3, 0.4) is 0 Å². The number of ether oxygens (including phenoxy) is 2. The smallest absolute Gasteiger partial charge is 0.0721 e.